The van der Waals surface area contributed by atoms with Gasteiger partial charge in [0.2, 0.25) is 0 Å². The lowest BCUT2D eigenvalue weighted by atomic mass is 10.2. The molecule has 2 N–H and O–H groups in total. The molecule has 0 spiro atoms. The van der Waals surface area contributed by atoms with Gasteiger partial charge < -0.3 is 25.3 Å². The van der Waals surface area contributed by atoms with Crippen LogP contribution in [0.4, 0.5) is 5.82 Å². The highest BCUT2D eigenvalue weighted by Crippen LogP contribution is 2.27. The van der Waals surface area contributed by atoms with Crippen LogP contribution in [-0.2, 0) is 6.54 Å². The molecule has 0 atom stereocenters. The minimum atomic E-state index is -0.613. The summed E-state index contributed by atoms with van der Waals surface area (Å²) in [6, 6.07) is 6.97. The lowest BCUT2D eigenvalue weighted by molar-refractivity contribution is -0.390. The lowest BCUT2D eigenvalue weighted by Gasteiger charge is -2.07. The van der Waals surface area contributed by atoms with Crippen LogP contribution in [-0.4, -0.2) is 49.7 Å². The Morgan fingerprint density at radius 1 is 1.19 bits per heavy atom. The topological polar surface area (TPSA) is 158 Å². The third kappa shape index (κ3) is 5.32. The number of nitrogens with one attached hydrogen (secondary N) is 2. The Bertz CT molecular complexity index is 1140. The fourth-order valence-corrected chi connectivity index (χ4v) is 3.39. The molecule has 0 unspecified atom stereocenters. The molecular formula is C17H15Br2N7O5. The summed E-state index contributed by atoms with van der Waals surface area (Å²) in [5.41, 5.74) is 0.986. The summed E-state index contributed by atoms with van der Waals surface area (Å²) < 4.78 is 7.18. The van der Waals surface area contributed by atoms with E-state index in [0.717, 1.165) is 0 Å². The first-order valence-corrected chi connectivity index (χ1v) is 10.4. The summed E-state index contributed by atoms with van der Waals surface area (Å²) in [4.78, 5) is 38.6. The number of carbonyl (C=O) groups is 2. The molecule has 14 heteroatoms. The Morgan fingerprint density at radius 3 is 2.52 bits per heavy atom. The average molecular weight is 557 g/mol. The molecule has 2 amide bonds. The Labute approximate surface area is 191 Å². The van der Waals surface area contributed by atoms with Gasteiger partial charge in [0.25, 0.3) is 5.91 Å². The van der Waals surface area contributed by atoms with E-state index in [-0.39, 0.29) is 47.5 Å². The number of hydrogen-bond acceptors (Lipinski definition) is 8. The zero-order valence-electron chi connectivity index (χ0n) is 16.0. The standard InChI is InChI=1S/C17H15Br2N7O5/c1-9-13(19)14(26(29)30)23-25(9)8-12-22-17(31-24-12)16(28)21-7-6-20-15(27)10-4-2-3-5-11(10)18/h2-5H,6-8H2,1H3,(H,20,27)(H,21,28). The number of nitrogens with zero attached hydrogens (tertiary/aromatic N) is 5. The summed E-state index contributed by atoms with van der Waals surface area (Å²) >= 11 is 6.42. The number of nitro groups is 1. The maximum Gasteiger partial charge on any atom is 0.404 e. The third-order valence-corrected chi connectivity index (χ3v) is 5.68. The van der Waals surface area contributed by atoms with Crippen molar-refractivity contribution in [2.24, 2.45) is 0 Å². The smallest absolute Gasteiger partial charge is 0.358 e. The number of amides is 2. The van der Waals surface area contributed by atoms with Gasteiger partial charge in [-0.1, -0.05) is 17.3 Å². The van der Waals surface area contributed by atoms with Crippen molar-refractivity contribution >= 4 is 49.5 Å². The van der Waals surface area contributed by atoms with Crippen LogP contribution in [0.1, 0.15) is 32.6 Å². The minimum absolute atomic E-state index is 0.0168. The molecule has 3 rings (SSSR count). The highest BCUT2D eigenvalue weighted by atomic mass is 79.9. The van der Waals surface area contributed by atoms with Crippen LogP contribution >= 0.6 is 31.9 Å². The summed E-state index contributed by atoms with van der Waals surface area (Å²) in [6.45, 7) is 1.96. The van der Waals surface area contributed by atoms with E-state index in [4.69, 9.17) is 4.52 Å². The van der Waals surface area contributed by atoms with Gasteiger partial charge in [-0.05, 0) is 55.8 Å². The van der Waals surface area contributed by atoms with E-state index in [2.05, 4.69) is 57.7 Å². The van der Waals surface area contributed by atoms with Crippen LogP contribution in [0.5, 0.6) is 0 Å². The summed E-state index contributed by atoms with van der Waals surface area (Å²) in [5.74, 6) is -1.37. The molecule has 0 radical (unpaired) electrons. The van der Waals surface area contributed by atoms with Crippen molar-refractivity contribution in [3.8, 4) is 0 Å². The molecule has 0 aliphatic carbocycles. The fourth-order valence-electron chi connectivity index (χ4n) is 2.49. The van der Waals surface area contributed by atoms with Gasteiger partial charge >= 0.3 is 17.6 Å². The van der Waals surface area contributed by atoms with E-state index < -0.39 is 10.8 Å². The Kier molecular flexibility index (Phi) is 7.12. The van der Waals surface area contributed by atoms with E-state index in [0.29, 0.717) is 15.7 Å². The number of benzene rings is 1. The van der Waals surface area contributed by atoms with Gasteiger partial charge in [0.05, 0.1) is 16.4 Å². The number of hydrogen-bond donors (Lipinski definition) is 2. The highest BCUT2D eigenvalue weighted by Gasteiger charge is 2.25. The van der Waals surface area contributed by atoms with E-state index >= 15 is 0 Å². The van der Waals surface area contributed by atoms with Crippen LogP contribution in [0.3, 0.4) is 0 Å². The number of rotatable bonds is 8. The molecule has 0 aliphatic heterocycles. The van der Waals surface area contributed by atoms with Crippen LogP contribution < -0.4 is 10.6 Å². The highest BCUT2D eigenvalue weighted by molar-refractivity contribution is 9.11. The Morgan fingerprint density at radius 2 is 1.87 bits per heavy atom. The summed E-state index contributed by atoms with van der Waals surface area (Å²) in [7, 11) is 0. The van der Waals surface area contributed by atoms with Crippen molar-refractivity contribution in [3.63, 3.8) is 0 Å². The van der Waals surface area contributed by atoms with Gasteiger partial charge in [0.15, 0.2) is 5.82 Å². The van der Waals surface area contributed by atoms with Crippen LogP contribution in [0.15, 0.2) is 37.7 Å². The minimum Gasteiger partial charge on any atom is -0.358 e. The van der Waals surface area contributed by atoms with Crippen molar-refractivity contribution in [2.75, 3.05) is 13.1 Å². The second kappa shape index (κ2) is 9.78. The molecule has 12 nitrogen and oxygen atoms in total. The molecule has 2 heterocycles. The molecule has 0 saturated heterocycles. The molecule has 0 fully saturated rings. The molecule has 0 saturated carbocycles. The maximum atomic E-state index is 12.1. The average Bonchev–Trinajstić information content (AvgIpc) is 3.31. The summed E-state index contributed by atoms with van der Waals surface area (Å²) in [5, 5.41) is 23.8. The van der Waals surface area contributed by atoms with Gasteiger partial charge in [0, 0.05) is 17.6 Å². The summed E-state index contributed by atoms with van der Waals surface area (Å²) in [6.07, 6.45) is 0. The van der Waals surface area contributed by atoms with Gasteiger partial charge in [-0.15, -0.1) is 0 Å². The van der Waals surface area contributed by atoms with Gasteiger partial charge in [0.1, 0.15) is 11.0 Å². The molecule has 0 bridgehead atoms. The normalized spacial score (nSPS) is 10.7. The quantitative estimate of drug-likeness (QED) is 0.243. The molecule has 2 aromatic heterocycles. The van der Waals surface area contributed by atoms with Crippen molar-refractivity contribution in [3.05, 3.63) is 66.3 Å². The van der Waals surface area contributed by atoms with Crippen molar-refractivity contribution < 1.29 is 19.0 Å². The lowest BCUT2D eigenvalue weighted by Crippen LogP contribution is -2.35. The Balaban J connectivity index is 1.51. The molecule has 162 valence electrons. The van der Waals surface area contributed by atoms with E-state index in [1.165, 1.54) is 4.68 Å². The number of halogens is 2. The van der Waals surface area contributed by atoms with Crippen molar-refractivity contribution in [1.82, 2.24) is 30.6 Å². The van der Waals surface area contributed by atoms with Crippen molar-refractivity contribution in [2.45, 2.75) is 13.5 Å². The molecule has 1 aromatic carbocycles. The van der Waals surface area contributed by atoms with Crippen LogP contribution in [0.25, 0.3) is 0 Å². The fraction of sp³-hybridized carbons (Fsp3) is 0.235. The molecule has 0 aliphatic rings. The maximum absolute atomic E-state index is 12.1. The molecular weight excluding hydrogens is 542 g/mol. The Hall–Kier alpha value is -3.13. The van der Waals surface area contributed by atoms with Gasteiger partial charge in [-0.2, -0.15) is 9.67 Å². The van der Waals surface area contributed by atoms with Crippen molar-refractivity contribution in [1.29, 1.82) is 0 Å². The van der Waals surface area contributed by atoms with Crippen LogP contribution in [0, 0.1) is 17.0 Å². The first kappa shape index (κ1) is 22.6. The predicted octanol–water partition coefficient (Wildman–Crippen LogP) is 2.22. The SMILES string of the molecule is Cc1c(Br)c([N+](=O)[O-])nn1Cc1noc(C(=O)NCCNC(=O)c2ccccc2Br)n1. The largest absolute Gasteiger partial charge is 0.404 e. The predicted molar refractivity (Wildman–Crippen MR) is 114 cm³/mol. The number of aromatic nitrogens is 4. The second-order valence-electron chi connectivity index (χ2n) is 6.15. The van der Waals surface area contributed by atoms with Gasteiger partial charge in [-0.3, -0.25) is 9.59 Å². The zero-order valence-corrected chi connectivity index (χ0v) is 19.1. The first-order valence-electron chi connectivity index (χ1n) is 8.78. The first-order chi connectivity index (χ1) is 14.8. The third-order valence-electron chi connectivity index (χ3n) is 4.06. The second-order valence-corrected chi connectivity index (χ2v) is 7.79. The van der Waals surface area contributed by atoms with Crippen LogP contribution in [0.2, 0.25) is 0 Å². The van der Waals surface area contributed by atoms with E-state index in [9.17, 15) is 19.7 Å². The number of carbonyl (C=O) groups excluding carboxylic acids is 2. The molecule has 31 heavy (non-hydrogen) atoms. The van der Waals surface area contributed by atoms with E-state index in [1.54, 1.807) is 31.2 Å². The van der Waals surface area contributed by atoms with E-state index in [1.807, 2.05) is 0 Å². The molecule has 3 aromatic rings. The monoisotopic (exact) mass is 555 g/mol. The van der Waals surface area contributed by atoms with Gasteiger partial charge in [-0.25, -0.2) is 0 Å². The zero-order chi connectivity index (χ0) is 22.5.